The number of likely N-dealkylation sites (tertiary alicyclic amines) is 1. The van der Waals surface area contributed by atoms with Crippen molar-refractivity contribution in [3.8, 4) is 0 Å². The molecule has 1 heterocycles. The molecule has 1 fully saturated rings. The molecule has 1 N–H and O–H groups in total. The van der Waals surface area contributed by atoms with Crippen LogP contribution in [0.5, 0.6) is 0 Å². The predicted molar refractivity (Wildman–Crippen MR) is 73.4 cm³/mol. The molecule has 1 aliphatic rings. The molecule has 0 aliphatic carbocycles. The van der Waals surface area contributed by atoms with Crippen LogP contribution in [0.3, 0.4) is 0 Å². The summed E-state index contributed by atoms with van der Waals surface area (Å²) in [6.45, 7) is 14.2. The van der Waals surface area contributed by atoms with Crippen LogP contribution in [0.2, 0.25) is 0 Å². The second-order valence-corrected chi connectivity index (χ2v) is 5.80. The smallest absolute Gasteiger partial charge is 0.0597 e. The molecule has 0 aromatic heterocycles. The molecule has 0 amide bonds. The average molecular weight is 242 g/mol. The summed E-state index contributed by atoms with van der Waals surface area (Å²) in [7, 11) is 0. The zero-order valence-electron chi connectivity index (χ0n) is 12.0. The van der Waals surface area contributed by atoms with Gasteiger partial charge in [0.05, 0.1) is 12.7 Å². The van der Waals surface area contributed by atoms with Crippen LogP contribution in [-0.4, -0.2) is 49.8 Å². The first-order chi connectivity index (χ1) is 8.09. The minimum Gasteiger partial charge on any atom is -0.377 e. The van der Waals surface area contributed by atoms with Gasteiger partial charge in [0.15, 0.2) is 0 Å². The predicted octanol–water partition coefficient (Wildman–Crippen LogP) is 2.12. The maximum atomic E-state index is 5.63. The van der Waals surface area contributed by atoms with E-state index in [4.69, 9.17) is 4.74 Å². The van der Waals surface area contributed by atoms with E-state index in [2.05, 4.69) is 37.9 Å². The summed E-state index contributed by atoms with van der Waals surface area (Å²) in [4.78, 5) is 2.58. The van der Waals surface area contributed by atoms with Gasteiger partial charge in [-0.05, 0) is 45.7 Å². The largest absolute Gasteiger partial charge is 0.377 e. The Labute approximate surface area is 107 Å². The van der Waals surface area contributed by atoms with E-state index in [1.54, 1.807) is 0 Å². The Hall–Kier alpha value is -0.120. The van der Waals surface area contributed by atoms with Crippen LogP contribution < -0.4 is 5.32 Å². The highest BCUT2D eigenvalue weighted by atomic mass is 16.5. The first-order valence-corrected chi connectivity index (χ1v) is 7.16. The summed E-state index contributed by atoms with van der Waals surface area (Å²) < 4.78 is 5.63. The highest BCUT2D eigenvalue weighted by Gasteiger charge is 2.23. The third kappa shape index (κ3) is 6.39. The van der Waals surface area contributed by atoms with Crippen LogP contribution in [-0.2, 0) is 4.74 Å². The summed E-state index contributed by atoms with van der Waals surface area (Å²) in [6, 6.07) is 0.726. The first-order valence-electron chi connectivity index (χ1n) is 7.16. The molecule has 1 saturated heterocycles. The fourth-order valence-corrected chi connectivity index (χ4v) is 2.36. The fourth-order valence-electron chi connectivity index (χ4n) is 2.36. The maximum absolute atomic E-state index is 5.63. The maximum Gasteiger partial charge on any atom is 0.0597 e. The van der Waals surface area contributed by atoms with Gasteiger partial charge in [0.2, 0.25) is 0 Å². The first kappa shape index (κ1) is 14.9. The second kappa shape index (κ2) is 8.06. The van der Waals surface area contributed by atoms with Crippen molar-refractivity contribution in [2.75, 3.05) is 32.8 Å². The van der Waals surface area contributed by atoms with E-state index >= 15 is 0 Å². The van der Waals surface area contributed by atoms with Crippen molar-refractivity contribution in [1.29, 1.82) is 0 Å². The SMILES string of the molecule is CC(C)CNCC1CCCN1CCOC(C)C. The van der Waals surface area contributed by atoms with Crippen molar-refractivity contribution in [2.45, 2.75) is 52.7 Å². The van der Waals surface area contributed by atoms with Crippen LogP contribution >= 0.6 is 0 Å². The molecule has 0 spiro atoms. The van der Waals surface area contributed by atoms with Crippen molar-refractivity contribution in [2.24, 2.45) is 5.92 Å². The third-order valence-electron chi connectivity index (χ3n) is 3.26. The van der Waals surface area contributed by atoms with Crippen LogP contribution in [0.1, 0.15) is 40.5 Å². The molecular formula is C14H30N2O. The van der Waals surface area contributed by atoms with E-state index in [-0.39, 0.29) is 0 Å². The van der Waals surface area contributed by atoms with Crippen molar-refractivity contribution < 1.29 is 4.74 Å². The van der Waals surface area contributed by atoms with Crippen molar-refractivity contribution >= 4 is 0 Å². The zero-order chi connectivity index (χ0) is 12.7. The number of hydrogen-bond donors (Lipinski definition) is 1. The Balaban J connectivity index is 2.14. The van der Waals surface area contributed by atoms with Crippen LogP contribution in [0.4, 0.5) is 0 Å². The minimum atomic E-state index is 0.357. The second-order valence-electron chi connectivity index (χ2n) is 5.80. The highest BCUT2D eigenvalue weighted by Crippen LogP contribution is 2.16. The van der Waals surface area contributed by atoms with Crippen molar-refractivity contribution in [3.05, 3.63) is 0 Å². The number of rotatable bonds is 8. The molecule has 102 valence electrons. The molecule has 0 radical (unpaired) electrons. The van der Waals surface area contributed by atoms with E-state index in [0.29, 0.717) is 6.10 Å². The molecule has 0 saturated carbocycles. The Morgan fingerprint density at radius 1 is 1.29 bits per heavy atom. The van der Waals surface area contributed by atoms with Gasteiger partial charge in [-0.25, -0.2) is 0 Å². The number of ether oxygens (including phenoxy) is 1. The van der Waals surface area contributed by atoms with E-state index in [1.807, 2.05) is 0 Å². The molecular weight excluding hydrogens is 212 g/mol. The summed E-state index contributed by atoms with van der Waals surface area (Å²) in [5, 5.41) is 3.57. The van der Waals surface area contributed by atoms with Gasteiger partial charge in [0.1, 0.15) is 0 Å². The normalized spacial score (nSPS) is 21.9. The third-order valence-corrected chi connectivity index (χ3v) is 3.26. The lowest BCUT2D eigenvalue weighted by atomic mass is 10.2. The summed E-state index contributed by atoms with van der Waals surface area (Å²) in [5.41, 5.74) is 0. The lowest BCUT2D eigenvalue weighted by Crippen LogP contribution is -2.40. The quantitative estimate of drug-likeness (QED) is 0.705. The zero-order valence-corrected chi connectivity index (χ0v) is 12.0. The molecule has 1 rings (SSSR count). The minimum absolute atomic E-state index is 0.357. The highest BCUT2D eigenvalue weighted by molar-refractivity contribution is 4.80. The van der Waals surface area contributed by atoms with E-state index < -0.39 is 0 Å². The van der Waals surface area contributed by atoms with Gasteiger partial charge in [-0.1, -0.05) is 13.8 Å². The Morgan fingerprint density at radius 2 is 2.06 bits per heavy atom. The molecule has 0 aromatic rings. The number of nitrogens with zero attached hydrogens (tertiary/aromatic N) is 1. The summed E-state index contributed by atoms with van der Waals surface area (Å²) in [6.07, 6.45) is 3.04. The lowest BCUT2D eigenvalue weighted by Gasteiger charge is -2.25. The van der Waals surface area contributed by atoms with Crippen LogP contribution in [0.25, 0.3) is 0 Å². The molecule has 3 heteroatoms. The van der Waals surface area contributed by atoms with Gasteiger partial charge in [0.25, 0.3) is 0 Å². The van der Waals surface area contributed by atoms with E-state index in [0.717, 1.165) is 38.2 Å². The van der Waals surface area contributed by atoms with Gasteiger partial charge >= 0.3 is 0 Å². The molecule has 1 unspecified atom stereocenters. The lowest BCUT2D eigenvalue weighted by molar-refractivity contribution is 0.0563. The van der Waals surface area contributed by atoms with Gasteiger partial charge < -0.3 is 10.1 Å². The molecule has 0 aromatic carbocycles. The van der Waals surface area contributed by atoms with Crippen LogP contribution in [0.15, 0.2) is 0 Å². The number of nitrogens with one attached hydrogen (secondary N) is 1. The monoisotopic (exact) mass is 242 g/mol. The van der Waals surface area contributed by atoms with E-state index in [1.165, 1.54) is 19.4 Å². The Kier molecular flexibility index (Phi) is 7.09. The number of hydrogen-bond acceptors (Lipinski definition) is 3. The Morgan fingerprint density at radius 3 is 2.71 bits per heavy atom. The van der Waals surface area contributed by atoms with Gasteiger partial charge in [-0.3, -0.25) is 4.90 Å². The fraction of sp³-hybridized carbons (Fsp3) is 1.00. The summed E-state index contributed by atoms with van der Waals surface area (Å²) in [5.74, 6) is 0.745. The van der Waals surface area contributed by atoms with Crippen molar-refractivity contribution in [1.82, 2.24) is 10.2 Å². The van der Waals surface area contributed by atoms with Crippen LogP contribution in [0, 0.1) is 5.92 Å². The van der Waals surface area contributed by atoms with Gasteiger partial charge in [0, 0.05) is 19.1 Å². The van der Waals surface area contributed by atoms with Gasteiger partial charge in [-0.2, -0.15) is 0 Å². The summed E-state index contributed by atoms with van der Waals surface area (Å²) >= 11 is 0. The molecule has 0 bridgehead atoms. The topological polar surface area (TPSA) is 24.5 Å². The molecule has 17 heavy (non-hydrogen) atoms. The standard InChI is InChI=1S/C14H30N2O/c1-12(2)10-15-11-14-6-5-7-16(14)8-9-17-13(3)4/h12-15H,5-11H2,1-4H3. The van der Waals surface area contributed by atoms with Gasteiger partial charge in [-0.15, -0.1) is 0 Å². The molecule has 1 atom stereocenters. The van der Waals surface area contributed by atoms with Crippen molar-refractivity contribution in [3.63, 3.8) is 0 Å². The van der Waals surface area contributed by atoms with E-state index in [9.17, 15) is 0 Å². The molecule has 3 nitrogen and oxygen atoms in total. The molecule has 1 aliphatic heterocycles. The average Bonchev–Trinajstić information content (AvgIpc) is 2.65. The Bertz CT molecular complexity index is 175.